The highest BCUT2D eigenvalue weighted by atomic mass is 79.9. The van der Waals surface area contributed by atoms with Gasteiger partial charge in [0, 0.05) is 21.9 Å². The molecule has 0 saturated carbocycles. The number of thiophene rings is 1. The summed E-state index contributed by atoms with van der Waals surface area (Å²) in [7, 11) is 0. The van der Waals surface area contributed by atoms with Gasteiger partial charge in [-0.2, -0.15) is 0 Å². The molecular weight excluding hydrogens is 344 g/mol. The van der Waals surface area contributed by atoms with Crippen LogP contribution in [0.4, 0.5) is 4.79 Å². The van der Waals surface area contributed by atoms with Crippen molar-refractivity contribution in [2.45, 2.75) is 32.4 Å². The number of carboxylic acids is 1. The molecule has 1 fully saturated rings. The Balaban J connectivity index is 1.87. The molecule has 1 saturated heterocycles. The van der Waals surface area contributed by atoms with Gasteiger partial charge >= 0.3 is 12.0 Å². The van der Waals surface area contributed by atoms with Gasteiger partial charge in [-0.15, -0.1) is 11.3 Å². The molecule has 0 spiro atoms. The van der Waals surface area contributed by atoms with Gasteiger partial charge in [0.1, 0.15) is 0 Å². The maximum atomic E-state index is 12.1. The third-order valence-electron chi connectivity index (χ3n) is 3.58. The van der Waals surface area contributed by atoms with Crippen LogP contribution in [0.1, 0.15) is 24.6 Å². The SMILES string of the molecule is CC1CC(C(=O)O)CCN1C(=O)NCc1sccc1Br. The summed E-state index contributed by atoms with van der Waals surface area (Å²) in [4.78, 5) is 25.9. The Labute approximate surface area is 130 Å². The number of urea groups is 1. The maximum Gasteiger partial charge on any atom is 0.317 e. The average Bonchev–Trinajstić information content (AvgIpc) is 2.81. The lowest BCUT2D eigenvalue weighted by Crippen LogP contribution is -2.49. The van der Waals surface area contributed by atoms with Gasteiger partial charge in [-0.25, -0.2) is 4.79 Å². The van der Waals surface area contributed by atoms with Crippen molar-refractivity contribution >= 4 is 39.3 Å². The number of halogens is 1. The summed E-state index contributed by atoms with van der Waals surface area (Å²) in [5, 5.41) is 13.9. The number of nitrogens with zero attached hydrogens (tertiary/aromatic N) is 1. The molecule has 2 heterocycles. The van der Waals surface area contributed by atoms with Crippen LogP contribution in [0.5, 0.6) is 0 Å². The van der Waals surface area contributed by atoms with E-state index in [-0.39, 0.29) is 18.0 Å². The fourth-order valence-corrected chi connectivity index (χ4v) is 3.84. The van der Waals surface area contributed by atoms with E-state index in [1.54, 1.807) is 16.2 Å². The van der Waals surface area contributed by atoms with Gasteiger partial charge in [0.2, 0.25) is 0 Å². The topological polar surface area (TPSA) is 69.6 Å². The number of piperidine rings is 1. The van der Waals surface area contributed by atoms with Crippen molar-refractivity contribution in [3.8, 4) is 0 Å². The summed E-state index contributed by atoms with van der Waals surface area (Å²) in [6.45, 7) is 2.88. The van der Waals surface area contributed by atoms with Gasteiger partial charge in [-0.05, 0) is 47.1 Å². The molecule has 2 atom stereocenters. The fraction of sp³-hybridized carbons (Fsp3) is 0.538. The lowest BCUT2D eigenvalue weighted by molar-refractivity contribution is -0.143. The molecule has 0 aliphatic carbocycles. The summed E-state index contributed by atoms with van der Waals surface area (Å²) in [5.41, 5.74) is 0. The molecule has 2 N–H and O–H groups in total. The van der Waals surface area contributed by atoms with Gasteiger partial charge in [0.25, 0.3) is 0 Å². The minimum atomic E-state index is -0.764. The van der Waals surface area contributed by atoms with Crippen molar-refractivity contribution < 1.29 is 14.7 Å². The van der Waals surface area contributed by atoms with E-state index in [4.69, 9.17) is 5.11 Å². The zero-order valence-electron chi connectivity index (χ0n) is 11.1. The van der Waals surface area contributed by atoms with E-state index in [1.165, 1.54) is 0 Å². The molecule has 0 radical (unpaired) electrons. The summed E-state index contributed by atoms with van der Waals surface area (Å²) < 4.78 is 1.00. The van der Waals surface area contributed by atoms with E-state index in [0.717, 1.165) is 9.35 Å². The van der Waals surface area contributed by atoms with Crippen LogP contribution >= 0.6 is 27.3 Å². The molecule has 2 rings (SSSR count). The highest BCUT2D eigenvalue weighted by molar-refractivity contribution is 9.10. The van der Waals surface area contributed by atoms with E-state index < -0.39 is 5.97 Å². The average molecular weight is 361 g/mol. The molecule has 0 aromatic carbocycles. The number of likely N-dealkylation sites (tertiary alicyclic amines) is 1. The van der Waals surface area contributed by atoms with Crippen LogP contribution in [0.15, 0.2) is 15.9 Å². The Morgan fingerprint density at radius 2 is 2.35 bits per heavy atom. The van der Waals surface area contributed by atoms with Crippen LogP contribution in [0, 0.1) is 5.92 Å². The van der Waals surface area contributed by atoms with Crippen molar-refractivity contribution in [3.05, 3.63) is 20.8 Å². The zero-order chi connectivity index (χ0) is 14.7. The first kappa shape index (κ1) is 15.3. The van der Waals surface area contributed by atoms with Crippen LogP contribution in [0.25, 0.3) is 0 Å². The quantitative estimate of drug-likeness (QED) is 0.870. The second kappa shape index (κ2) is 6.58. The first-order valence-electron chi connectivity index (χ1n) is 6.48. The molecule has 1 aliphatic rings. The molecule has 5 nitrogen and oxygen atoms in total. The summed E-state index contributed by atoms with van der Waals surface area (Å²) in [5.74, 6) is -1.10. The van der Waals surface area contributed by atoms with E-state index in [1.807, 2.05) is 18.4 Å². The number of carbonyl (C=O) groups excluding carboxylic acids is 1. The first-order valence-corrected chi connectivity index (χ1v) is 8.15. The minimum Gasteiger partial charge on any atom is -0.481 e. The summed E-state index contributed by atoms with van der Waals surface area (Å²) >= 11 is 5.01. The van der Waals surface area contributed by atoms with Gasteiger partial charge in [0.05, 0.1) is 12.5 Å². The van der Waals surface area contributed by atoms with Gasteiger partial charge in [-0.1, -0.05) is 0 Å². The zero-order valence-corrected chi connectivity index (χ0v) is 13.5. The second-order valence-corrected chi connectivity index (χ2v) is 6.81. The van der Waals surface area contributed by atoms with E-state index in [9.17, 15) is 9.59 Å². The Bertz CT molecular complexity index is 506. The Hall–Kier alpha value is -1.08. The van der Waals surface area contributed by atoms with E-state index in [2.05, 4.69) is 21.2 Å². The standard InChI is InChI=1S/C13H17BrN2O3S/c1-8-6-9(12(17)18)2-4-16(8)13(19)15-7-11-10(14)3-5-20-11/h3,5,8-9H,2,4,6-7H2,1H3,(H,15,19)(H,17,18). The molecule has 1 aromatic rings. The Morgan fingerprint density at radius 1 is 1.60 bits per heavy atom. The molecular formula is C13H17BrN2O3S. The molecule has 1 aromatic heterocycles. The van der Waals surface area contributed by atoms with Crippen LogP contribution in [0.3, 0.4) is 0 Å². The number of aliphatic carboxylic acids is 1. The predicted octanol–water partition coefficient (Wildman–Crippen LogP) is 2.91. The van der Waals surface area contributed by atoms with Crippen LogP contribution in [-0.4, -0.2) is 34.6 Å². The Kier molecular flexibility index (Phi) is 5.04. The molecule has 20 heavy (non-hydrogen) atoms. The van der Waals surface area contributed by atoms with Crippen molar-refractivity contribution in [2.75, 3.05) is 6.54 Å². The third-order valence-corrected chi connectivity index (χ3v) is 5.50. The van der Waals surface area contributed by atoms with Gasteiger partial charge < -0.3 is 15.3 Å². The number of amides is 2. The largest absolute Gasteiger partial charge is 0.481 e. The number of hydrogen-bond acceptors (Lipinski definition) is 3. The minimum absolute atomic E-state index is 0.0448. The van der Waals surface area contributed by atoms with Crippen molar-refractivity contribution in [1.29, 1.82) is 0 Å². The van der Waals surface area contributed by atoms with Crippen LogP contribution in [0.2, 0.25) is 0 Å². The molecule has 110 valence electrons. The van der Waals surface area contributed by atoms with E-state index >= 15 is 0 Å². The number of hydrogen-bond donors (Lipinski definition) is 2. The maximum absolute atomic E-state index is 12.1. The van der Waals surface area contributed by atoms with E-state index in [0.29, 0.717) is 25.9 Å². The van der Waals surface area contributed by atoms with Gasteiger partial charge in [0.15, 0.2) is 0 Å². The van der Waals surface area contributed by atoms with Crippen LogP contribution < -0.4 is 5.32 Å². The van der Waals surface area contributed by atoms with Gasteiger partial charge in [-0.3, -0.25) is 4.79 Å². The normalized spacial score (nSPS) is 22.6. The summed E-state index contributed by atoms with van der Waals surface area (Å²) in [6, 6.07) is 1.78. The molecule has 1 aliphatic heterocycles. The predicted molar refractivity (Wildman–Crippen MR) is 80.8 cm³/mol. The number of carboxylic acid groups (broad SMARTS) is 1. The van der Waals surface area contributed by atoms with Crippen LogP contribution in [-0.2, 0) is 11.3 Å². The molecule has 2 unspecified atom stereocenters. The summed E-state index contributed by atoms with van der Waals surface area (Å²) in [6.07, 6.45) is 1.04. The van der Waals surface area contributed by atoms with Crippen molar-refractivity contribution in [2.24, 2.45) is 5.92 Å². The number of rotatable bonds is 3. The Morgan fingerprint density at radius 3 is 2.90 bits per heavy atom. The number of carbonyl (C=O) groups is 2. The lowest BCUT2D eigenvalue weighted by Gasteiger charge is -2.36. The second-order valence-electron chi connectivity index (χ2n) is 4.95. The van der Waals surface area contributed by atoms with Crippen molar-refractivity contribution in [3.63, 3.8) is 0 Å². The lowest BCUT2D eigenvalue weighted by atomic mass is 9.92. The molecule has 7 heteroatoms. The molecule has 2 amide bonds. The van der Waals surface area contributed by atoms with Crippen molar-refractivity contribution in [1.82, 2.24) is 10.2 Å². The number of nitrogens with one attached hydrogen (secondary N) is 1. The first-order chi connectivity index (χ1) is 9.49. The fourth-order valence-electron chi connectivity index (χ4n) is 2.41. The third kappa shape index (κ3) is 3.52. The monoisotopic (exact) mass is 360 g/mol. The highest BCUT2D eigenvalue weighted by Crippen LogP contribution is 2.24. The molecule has 0 bridgehead atoms. The highest BCUT2D eigenvalue weighted by Gasteiger charge is 2.32. The smallest absolute Gasteiger partial charge is 0.317 e.